The highest BCUT2D eigenvalue weighted by Crippen LogP contribution is 2.36. The topological polar surface area (TPSA) is 46.6 Å². The summed E-state index contributed by atoms with van der Waals surface area (Å²) in [6.45, 7) is 10.8. The highest BCUT2D eigenvalue weighted by molar-refractivity contribution is 7.89. The molecule has 0 aliphatic carbocycles. The smallest absolute Gasteiger partial charge is 0.246 e. The molecule has 2 aromatic rings. The molecule has 0 aliphatic rings. The highest BCUT2D eigenvalue weighted by atomic mass is 32.2. The van der Waals surface area contributed by atoms with Gasteiger partial charge in [0.2, 0.25) is 10.0 Å². The standard InChI is InChI=1S/C21H29F2NO3SSi/c1-21(2,3)29(4,5)27-14-13-24(16-17-9-7-6-8-10-17)28(25,26)20-12-11-18(22)15-19(20)23/h6-12,15H,13-14,16H2,1-5H3. The first-order chi connectivity index (χ1) is 13.3. The number of hydrogen-bond donors (Lipinski definition) is 0. The molecule has 0 amide bonds. The van der Waals surface area contributed by atoms with Crippen molar-refractivity contribution in [3.63, 3.8) is 0 Å². The Morgan fingerprint density at radius 2 is 1.66 bits per heavy atom. The maximum atomic E-state index is 14.2. The summed E-state index contributed by atoms with van der Waals surface area (Å²) in [7, 11) is -6.24. The van der Waals surface area contributed by atoms with E-state index in [-0.39, 0.29) is 24.7 Å². The highest BCUT2D eigenvalue weighted by Gasteiger charge is 2.37. The largest absolute Gasteiger partial charge is 0.415 e. The third-order valence-electron chi connectivity index (χ3n) is 5.32. The van der Waals surface area contributed by atoms with Crippen molar-refractivity contribution < 1.29 is 21.6 Å². The Morgan fingerprint density at radius 1 is 1.03 bits per heavy atom. The molecule has 4 nitrogen and oxygen atoms in total. The first-order valence-corrected chi connectivity index (χ1v) is 13.8. The SMILES string of the molecule is CC(C)(C)[Si](C)(C)OCCN(Cc1ccccc1)S(=O)(=O)c1ccc(F)cc1F. The average Bonchev–Trinajstić information content (AvgIpc) is 2.60. The molecule has 0 unspecified atom stereocenters. The molecule has 2 aromatic carbocycles. The van der Waals surface area contributed by atoms with E-state index in [1.807, 2.05) is 18.2 Å². The van der Waals surface area contributed by atoms with E-state index in [1.54, 1.807) is 12.1 Å². The second kappa shape index (κ2) is 9.03. The summed E-state index contributed by atoms with van der Waals surface area (Å²) in [5, 5.41) is -0.0147. The third-order valence-corrected chi connectivity index (χ3v) is 11.7. The summed E-state index contributed by atoms with van der Waals surface area (Å²) >= 11 is 0. The molecule has 0 aromatic heterocycles. The van der Waals surface area contributed by atoms with Crippen LogP contribution in [-0.4, -0.2) is 34.2 Å². The van der Waals surface area contributed by atoms with Crippen LogP contribution in [0.1, 0.15) is 26.3 Å². The lowest BCUT2D eigenvalue weighted by Gasteiger charge is -2.36. The van der Waals surface area contributed by atoms with Crippen molar-refractivity contribution in [3.8, 4) is 0 Å². The van der Waals surface area contributed by atoms with Gasteiger partial charge in [0, 0.05) is 25.8 Å². The third kappa shape index (κ3) is 5.94. The van der Waals surface area contributed by atoms with Crippen LogP contribution in [-0.2, 0) is 21.0 Å². The molecular weight excluding hydrogens is 412 g/mol. The summed E-state index contributed by atoms with van der Waals surface area (Å²) in [6, 6.07) is 11.6. The lowest BCUT2D eigenvalue weighted by molar-refractivity contribution is 0.249. The molecule has 0 saturated heterocycles. The van der Waals surface area contributed by atoms with Crippen LogP contribution in [0.15, 0.2) is 53.4 Å². The quantitative estimate of drug-likeness (QED) is 0.531. The van der Waals surface area contributed by atoms with Crippen LogP contribution in [0.2, 0.25) is 18.1 Å². The van der Waals surface area contributed by atoms with Gasteiger partial charge in [0.05, 0.1) is 0 Å². The van der Waals surface area contributed by atoms with E-state index in [9.17, 15) is 17.2 Å². The van der Waals surface area contributed by atoms with Gasteiger partial charge in [-0.3, -0.25) is 0 Å². The van der Waals surface area contributed by atoms with Gasteiger partial charge in [-0.25, -0.2) is 17.2 Å². The summed E-state index contributed by atoms with van der Waals surface area (Å²) in [5.41, 5.74) is 0.769. The number of halogens is 2. The van der Waals surface area contributed by atoms with Crippen LogP contribution >= 0.6 is 0 Å². The summed E-state index contributed by atoms with van der Waals surface area (Å²) in [6.07, 6.45) is 0. The lowest BCUT2D eigenvalue weighted by atomic mass is 10.2. The van der Waals surface area contributed by atoms with E-state index >= 15 is 0 Å². The van der Waals surface area contributed by atoms with Crippen LogP contribution in [0, 0.1) is 11.6 Å². The molecule has 0 saturated carbocycles. The summed E-state index contributed by atoms with van der Waals surface area (Å²) < 4.78 is 61.1. The van der Waals surface area contributed by atoms with Crippen LogP contribution < -0.4 is 0 Å². The number of nitrogens with zero attached hydrogens (tertiary/aromatic N) is 1. The lowest BCUT2D eigenvalue weighted by Crippen LogP contribution is -2.43. The van der Waals surface area contributed by atoms with E-state index in [4.69, 9.17) is 4.43 Å². The Hall–Kier alpha value is -1.61. The molecule has 0 spiro atoms. The van der Waals surface area contributed by atoms with Gasteiger partial charge < -0.3 is 4.43 Å². The van der Waals surface area contributed by atoms with Crippen molar-refractivity contribution in [1.82, 2.24) is 4.31 Å². The van der Waals surface area contributed by atoms with Crippen molar-refractivity contribution in [3.05, 3.63) is 65.7 Å². The Kier molecular flexibility index (Phi) is 7.37. The second-order valence-electron chi connectivity index (χ2n) is 8.51. The van der Waals surface area contributed by atoms with Gasteiger partial charge in [-0.15, -0.1) is 0 Å². The fourth-order valence-electron chi connectivity index (χ4n) is 2.51. The molecular formula is C21H29F2NO3SSi. The van der Waals surface area contributed by atoms with Gasteiger partial charge in [0.15, 0.2) is 8.32 Å². The molecule has 0 heterocycles. The molecule has 0 bridgehead atoms. The van der Waals surface area contributed by atoms with E-state index < -0.39 is 34.9 Å². The van der Waals surface area contributed by atoms with Gasteiger partial charge in [-0.2, -0.15) is 4.31 Å². The van der Waals surface area contributed by atoms with Crippen LogP contribution in [0.5, 0.6) is 0 Å². The van der Waals surface area contributed by atoms with E-state index in [1.165, 1.54) is 4.31 Å². The Bertz CT molecular complexity index is 929. The molecule has 8 heteroatoms. The number of hydrogen-bond acceptors (Lipinski definition) is 3. The van der Waals surface area contributed by atoms with Crippen molar-refractivity contribution >= 4 is 18.3 Å². The van der Waals surface area contributed by atoms with E-state index in [0.29, 0.717) is 6.07 Å². The normalized spacial score (nSPS) is 13.1. The minimum atomic E-state index is -4.17. The molecule has 2 rings (SSSR count). The van der Waals surface area contributed by atoms with Gasteiger partial charge in [-0.1, -0.05) is 51.1 Å². The second-order valence-corrected chi connectivity index (χ2v) is 15.2. The van der Waals surface area contributed by atoms with E-state index in [2.05, 4.69) is 33.9 Å². The molecule has 0 fully saturated rings. The first-order valence-electron chi connectivity index (χ1n) is 9.48. The molecule has 0 atom stereocenters. The van der Waals surface area contributed by atoms with Gasteiger partial charge in [0.1, 0.15) is 16.5 Å². The maximum absolute atomic E-state index is 14.2. The summed E-state index contributed by atoms with van der Waals surface area (Å²) in [4.78, 5) is -0.540. The average molecular weight is 442 g/mol. The number of rotatable bonds is 8. The van der Waals surface area contributed by atoms with E-state index in [0.717, 1.165) is 17.7 Å². The Morgan fingerprint density at radius 3 is 2.21 bits per heavy atom. The maximum Gasteiger partial charge on any atom is 0.246 e. The molecule has 0 N–H and O–H groups in total. The molecule has 0 radical (unpaired) electrons. The van der Waals surface area contributed by atoms with Crippen LogP contribution in [0.4, 0.5) is 8.78 Å². The first kappa shape index (κ1) is 23.7. The van der Waals surface area contributed by atoms with Gasteiger partial charge in [-0.05, 0) is 35.8 Å². The van der Waals surface area contributed by atoms with Crippen molar-refractivity contribution in [1.29, 1.82) is 0 Å². The minimum Gasteiger partial charge on any atom is -0.415 e. The predicted octanol–water partition coefficient (Wildman–Crippen LogP) is 5.18. The van der Waals surface area contributed by atoms with Crippen molar-refractivity contribution in [2.45, 2.75) is 50.3 Å². The van der Waals surface area contributed by atoms with Crippen LogP contribution in [0.25, 0.3) is 0 Å². The zero-order valence-electron chi connectivity index (χ0n) is 17.6. The van der Waals surface area contributed by atoms with Crippen molar-refractivity contribution in [2.75, 3.05) is 13.2 Å². The number of benzene rings is 2. The van der Waals surface area contributed by atoms with Crippen molar-refractivity contribution in [2.24, 2.45) is 0 Å². The van der Waals surface area contributed by atoms with Crippen LogP contribution in [0.3, 0.4) is 0 Å². The molecule has 0 aliphatic heterocycles. The number of sulfonamides is 1. The monoisotopic (exact) mass is 441 g/mol. The fourth-order valence-corrected chi connectivity index (χ4v) is 5.01. The minimum absolute atomic E-state index is 0.0147. The summed E-state index contributed by atoms with van der Waals surface area (Å²) in [5.74, 6) is -1.93. The zero-order chi connectivity index (χ0) is 21.9. The Labute approximate surface area is 173 Å². The molecule has 29 heavy (non-hydrogen) atoms. The molecule has 160 valence electrons. The Balaban J connectivity index is 2.29. The van der Waals surface area contributed by atoms with Gasteiger partial charge in [0.25, 0.3) is 0 Å². The fraction of sp³-hybridized carbons (Fsp3) is 0.429. The predicted molar refractivity (Wildman–Crippen MR) is 114 cm³/mol. The van der Waals surface area contributed by atoms with Gasteiger partial charge >= 0.3 is 0 Å². The zero-order valence-corrected chi connectivity index (χ0v) is 19.4.